The van der Waals surface area contributed by atoms with Gasteiger partial charge < -0.3 is 10.1 Å². The molecule has 1 aromatic carbocycles. The van der Waals surface area contributed by atoms with E-state index in [1.807, 2.05) is 37.4 Å². The molecule has 18 heavy (non-hydrogen) atoms. The van der Waals surface area contributed by atoms with Gasteiger partial charge in [-0.3, -0.25) is 0 Å². The highest BCUT2D eigenvalue weighted by atomic mass is 32.1. The topological polar surface area (TPSA) is 34.1 Å². The fourth-order valence-electron chi connectivity index (χ4n) is 1.57. The molecule has 2 rings (SSSR count). The molecule has 0 amide bonds. The van der Waals surface area contributed by atoms with Crippen LogP contribution >= 0.6 is 11.3 Å². The molecule has 2 aromatic rings. The molecule has 1 heterocycles. The Morgan fingerprint density at radius 1 is 1.28 bits per heavy atom. The van der Waals surface area contributed by atoms with Crippen molar-refractivity contribution in [1.82, 2.24) is 4.98 Å². The number of aromatic nitrogens is 1. The second-order valence-corrected chi connectivity index (χ2v) is 5.39. The van der Waals surface area contributed by atoms with Crippen LogP contribution in [0.1, 0.15) is 23.2 Å². The molecular weight excluding hydrogens is 244 g/mol. The van der Waals surface area contributed by atoms with Crippen LogP contribution in [0.4, 0.5) is 5.69 Å². The molecule has 0 aliphatic heterocycles. The highest BCUT2D eigenvalue weighted by Crippen LogP contribution is 2.18. The van der Waals surface area contributed by atoms with E-state index < -0.39 is 0 Å². The van der Waals surface area contributed by atoms with E-state index in [0.29, 0.717) is 0 Å². The summed E-state index contributed by atoms with van der Waals surface area (Å²) >= 11 is 1.72. The number of thiazole rings is 1. The van der Waals surface area contributed by atoms with Gasteiger partial charge >= 0.3 is 0 Å². The van der Waals surface area contributed by atoms with Gasteiger partial charge in [-0.2, -0.15) is 0 Å². The van der Waals surface area contributed by atoms with Gasteiger partial charge in [-0.05, 0) is 37.6 Å². The smallest absolute Gasteiger partial charge is 0.119 e. The number of ether oxygens (including phenoxy) is 1. The number of nitrogens with zero attached hydrogens (tertiary/aromatic N) is 1. The van der Waals surface area contributed by atoms with Crippen LogP contribution < -0.4 is 10.1 Å². The van der Waals surface area contributed by atoms with Gasteiger partial charge in [0.2, 0.25) is 0 Å². The molecule has 0 saturated carbocycles. The van der Waals surface area contributed by atoms with Crippen molar-refractivity contribution in [2.45, 2.75) is 26.8 Å². The third-order valence-corrected chi connectivity index (χ3v) is 3.38. The lowest BCUT2D eigenvalue weighted by Gasteiger charge is -2.07. The van der Waals surface area contributed by atoms with Crippen molar-refractivity contribution >= 4 is 17.0 Å². The fourth-order valence-corrected chi connectivity index (χ4v) is 2.30. The maximum atomic E-state index is 5.54. The lowest BCUT2D eigenvalue weighted by molar-refractivity contribution is 0.317. The molecule has 0 aliphatic carbocycles. The molecule has 0 aliphatic rings. The van der Waals surface area contributed by atoms with Crippen LogP contribution in [-0.2, 0) is 6.54 Å². The predicted octanol–water partition coefficient (Wildman–Crippen LogP) is 3.85. The second-order valence-electron chi connectivity index (χ2n) is 4.07. The van der Waals surface area contributed by atoms with Gasteiger partial charge in [0.15, 0.2) is 0 Å². The quantitative estimate of drug-likeness (QED) is 0.858. The van der Waals surface area contributed by atoms with Gasteiger partial charge in [0.05, 0.1) is 18.2 Å². The summed E-state index contributed by atoms with van der Waals surface area (Å²) < 4.78 is 5.54. The molecule has 3 nitrogen and oxygen atoms in total. The Labute approximate surface area is 112 Å². The zero-order valence-corrected chi connectivity index (χ0v) is 11.6. The third-order valence-electron chi connectivity index (χ3n) is 2.46. The minimum atomic E-state index is 0.771. The van der Waals surface area contributed by atoms with E-state index in [2.05, 4.69) is 17.2 Å². The minimum Gasteiger partial charge on any atom is -0.494 e. The number of aryl methyl sites for hydroxylation is 1. The Morgan fingerprint density at radius 3 is 2.67 bits per heavy atom. The first kappa shape index (κ1) is 12.9. The van der Waals surface area contributed by atoms with Crippen molar-refractivity contribution in [2.75, 3.05) is 11.9 Å². The van der Waals surface area contributed by atoms with E-state index in [0.717, 1.165) is 36.0 Å². The van der Waals surface area contributed by atoms with Gasteiger partial charge in [-0.15, -0.1) is 11.3 Å². The summed E-state index contributed by atoms with van der Waals surface area (Å²) in [5.41, 5.74) is 1.10. The molecular formula is C14H18N2OS. The Morgan fingerprint density at radius 2 is 2.06 bits per heavy atom. The molecule has 0 fully saturated rings. The molecule has 96 valence electrons. The van der Waals surface area contributed by atoms with Crippen molar-refractivity contribution in [3.63, 3.8) is 0 Å². The number of hydrogen-bond acceptors (Lipinski definition) is 4. The summed E-state index contributed by atoms with van der Waals surface area (Å²) in [5.74, 6) is 0.927. The van der Waals surface area contributed by atoms with Crippen molar-refractivity contribution in [3.05, 3.63) is 40.3 Å². The van der Waals surface area contributed by atoms with Crippen molar-refractivity contribution < 1.29 is 4.74 Å². The molecule has 1 aromatic heterocycles. The minimum absolute atomic E-state index is 0.771. The summed E-state index contributed by atoms with van der Waals surface area (Å²) in [5, 5.41) is 4.48. The monoisotopic (exact) mass is 262 g/mol. The molecule has 0 unspecified atom stereocenters. The summed E-state index contributed by atoms with van der Waals surface area (Å²) in [6.45, 7) is 5.72. The van der Waals surface area contributed by atoms with Gasteiger partial charge in [0.25, 0.3) is 0 Å². The van der Waals surface area contributed by atoms with Crippen molar-refractivity contribution in [1.29, 1.82) is 0 Å². The first-order valence-corrected chi connectivity index (χ1v) is 6.97. The lowest BCUT2D eigenvalue weighted by atomic mass is 10.3. The van der Waals surface area contributed by atoms with Crippen LogP contribution in [0.15, 0.2) is 30.5 Å². The number of hydrogen-bond donors (Lipinski definition) is 1. The standard InChI is InChI=1S/C14H18N2OS/c1-3-8-17-13-6-4-12(5-7-13)16-10-14-9-15-11(2)18-14/h4-7,9,16H,3,8,10H2,1-2H3. The first-order chi connectivity index (χ1) is 8.78. The third kappa shape index (κ3) is 3.74. The molecule has 0 bridgehead atoms. The van der Waals surface area contributed by atoms with Crippen molar-refractivity contribution in [2.24, 2.45) is 0 Å². The van der Waals surface area contributed by atoms with E-state index in [-0.39, 0.29) is 0 Å². The van der Waals surface area contributed by atoms with E-state index in [4.69, 9.17) is 4.74 Å². The number of anilines is 1. The lowest BCUT2D eigenvalue weighted by Crippen LogP contribution is -1.98. The van der Waals surface area contributed by atoms with Crippen LogP contribution in [0.2, 0.25) is 0 Å². The van der Waals surface area contributed by atoms with E-state index >= 15 is 0 Å². The Hall–Kier alpha value is -1.55. The molecule has 4 heteroatoms. The van der Waals surface area contributed by atoms with Gasteiger partial charge in [0, 0.05) is 16.8 Å². The number of nitrogens with one attached hydrogen (secondary N) is 1. The van der Waals surface area contributed by atoms with E-state index in [1.54, 1.807) is 11.3 Å². The summed E-state index contributed by atoms with van der Waals surface area (Å²) in [7, 11) is 0. The molecule has 0 spiro atoms. The highest BCUT2D eigenvalue weighted by Gasteiger charge is 1.99. The largest absolute Gasteiger partial charge is 0.494 e. The zero-order valence-electron chi connectivity index (χ0n) is 10.8. The average molecular weight is 262 g/mol. The van der Waals surface area contributed by atoms with E-state index in [1.165, 1.54) is 4.88 Å². The second kappa shape index (κ2) is 6.40. The molecule has 0 radical (unpaired) electrons. The summed E-state index contributed by atoms with van der Waals surface area (Å²) in [4.78, 5) is 5.48. The molecule has 0 saturated heterocycles. The normalized spacial score (nSPS) is 10.3. The van der Waals surface area contributed by atoms with Gasteiger partial charge in [-0.25, -0.2) is 4.98 Å². The highest BCUT2D eigenvalue weighted by molar-refractivity contribution is 7.11. The zero-order chi connectivity index (χ0) is 12.8. The van der Waals surface area contributed by atoms with Crippen molar-refractivity contribution in [3.8, 4) is 5.75 Å². The maximum absolute atomic E-state index is 5.54. The maximum Gasteiger partial charge on any atom is 0.119 e. The van der Waals surface area contributed by atoms with Crippen LogP contribution in [0.25, 0.3) is 0 Å². The average Bonchev–Trinajstić information content (AvgIpc) is 2.81. The summed E-state index contributed by atoms with van der Waals surface area (Å²) in [6.07, 6.45) is 2.95. The fraction of sp³-hybridized carbons (Fsp3) is 0.357. The van der Waals surface area contributed by atoms with Crippen LogP contribution in [0, 0.1) is 6.92 Å². The number of rotatable bonds is 6. The number of benzene rings is 1. The Balaban J connectivity index is 1.86. The van der Waals surface area contributed by atoms with Gasteiger partial charge in [0.1, 0.15) is 5.75 Å². The molecule has 1 N–H and O–H groups in total. The van der Waals surface area contributed by atoms with Gasteiger partial charge in [-0.1, -0.05) is 6.92 Å². The Kier molecular flexibility index (Phi) is 4.59. The Bertz CT molecular complexity index is 479. The van der Waals surface area contributed by atoms with Crippen LogP contribution in [0.3, 0.4) is 0 Å². The predicted molar refractivity (Wildman–Crippen MR) is 76.4 cm³/mol. The summed E-state index contributed by atoms with van der Waals surface area (Å²) in [6, 6.07) is 8.07. The van der Waals surface area contributed by atoms with Crippen LogP contribution in [-0.4, -0.2) is 11.6 Å². The molecule has 0 atom stereocenters. The SMILES string of the molecule is CCCOc1ccc(NCc2cnc(C)s2)cc1. The van der Waals surface area contributed by atoms with Crippen LogP contribution in [0.5, 0.6) is 5.75 Å². The van der Waals surface area contributed by atoms with E-state index in [9.17, 15) is 0 Å². The first-order valence-electron chi connectivity index (χ1n) is 6.16.